The van der Waals surface area contributed by atoms with E-state index in [9.17, 15) is 13.2 Å². The standard InChI is InChI=1S/C19H32N2O5S/c1-6-9-12-20-19(22)21(15(4)7-2)14-16-10-11-17(25-5)18(13-16)26-27(23,24)8-3/h10-11,13,15H,6-9,12,14H2,1-5H3,(H,20,22)/t15-/m1/s1. The minimum absolute atomic E-state index is 0.0393. The predicted molar refractivity (Wildman–Crippen MR) is 107 cm³/mol. The van der Waals surface area contributed by atoms with Crippen molar-refractivity contribution in [3.05, 3.63) is 23.8 Å². The predicted octanol–water partition coefficient (Wildman–Crippen LogP) is 3.53. The molecule has 0 radical (unpaired) electrons. The average molecular weight is 401 g/mol. The molecule has 27 heavy (non-hydrogen) atoms. The summed E-state index contributed by atoms with van der Waals surface area (Å²) in [5, 5.41) is 2.94. The summed E-state index contributed by atoms with van der Waals surface area (Å²) >= 11 is 0. The van der Waals surface area contributed by atoms with Crippen LogP contribution in [0.1, 0.15) is 52.5 Å². The SMILES string of the molecule is CCCCNC(=O)N(Cc1ccc(OC)c(OS(=O)(=O)CC)c1)[C@H](C)CC. The molecule has 0 unspecified atom stereocenters. The second-order valence-corrected chi connectivity index (χ2v) is 8.24. The van der Waals surface area contributed by atoms with Crippen molar-refractivity contribution in [2.75, 3.05) is 19.4 Å². The number of nitrogens with zero attached hydrogens (tertiary/aromatic N) is 1. The number of amides is 2. The van der Waals surface area contributed by atoms with Crippen molar-refractivity contribution in [1.82, 2.24) is 10.2 Å². The van der Waals surface area contributed by atoms with Crippen molar-refractivity contribution in [2.45, 2.75) is 59.5 Å². The van der Waals surface area contributed by atoms with Gasteiger partial charge in [0.25, 0.3) is 0 Å². The van der Waals surface area contributed by atoms with Crippen molar-refractivity contribution in [2.24, 2.45) is 0 Å². The number of carbonyl (C=O) groups is 1. The Labute approximate surface area is 163 Å². The van der Waals surface area contributed by atoms with E-state index < -0.39 is 10.1 Å². The lowest BCUT2D eigenvalue weighted by Gasteiger charge is -2.29. The topological polar surface area (TPSA) is 84.9 Å². The van der Waals surface area contributed by atoms with E-state index in [1.54, 1.807) is 23.1 Å². The molecule has 0 aliphatic rings. The van der Waals surface area contributed by atoms with Crippen LogP contribution in [0.3, 0.4) is 0 Å². The Morgan fingerprint density at radius 3 is 2.48 bits per heavy atom. The van der Waals surface area contributed by atoms with Crippen LogP contribution >= 0.6 is 0 Å². The van der Waals surface area contributed by atoms with Gasteiger partial charge in [0.2, 0.25) is 0 Å². The summed E-state index contributed by atoms with van der Waals surface area (Å²) in [5.41, 5.74) is 0.767. The van der Waals surface area contributed by atoms with Crippen LogP contribution in [0.25, 0.3) is 0 Å². The highest BCUT2D eigenvalue weighted by atomic mass is 32.2. The van der Waals surface area contributed by atoms with E-state index in [-0.39, 0.29) is 23.6 Å². The third-order valence-electron chi connectivity index (χ3n) is 4.34. The summed E-state index contributed by atoms with van der Waals surface area (Å²) in [7, 11) is -2.22. The third kappa shape index (κ3) is 7.28. The molecular weight excluding hydrogens is 368 g/mol. The maximum Gasteiger partial charge on any atom is 0.317 e. The van der Waals surface area contributed by atoms with Gasteiger partial charge in [-0.05, 0) is 44.4 Å². The van der Waals surface area contributed by atoms with Gasteiger partial charge in [-0.15, -0.1) is 0 Å². The lowest BCUT2D eigenvalue weighted by Crippen LogP contribution is -2.44. The normalized spacial score (nSPS) is 12.3. The lowest BCUT2D eigenvalue weighted by molar-refractivity contribution is 0.173. The molecule has 0 fully saturated rings. The van der Waals surface area contributed by atoms with Crippen LogP contribution in [0.15, 0.2) is 18.2 Å². The highest BCUT2D eigenvalue weighted by Gasteiger charge is 2.21. The summed E-state index contributed by atoms with van der Waals surface area (Å²) in [6.07, 6.45) is 2.75. The summed E-state index contributed by atoms with van der Waals surface area (Å²) in [6, 6.07) is 4.98. The van der Waals surface area contributed by atoms with Gasteiger partial charge in [-0.1, -0.05) is 26.3 Å². The Bertz CT molecular complexity index is 706. The number of hydrogen-bond donors (Lipinski definition) is 1. The molecule has 0 bridgehead atoms. The van der Waals surface area contributed by atoms with E-state index in [0.29, 0.717) is 18.8 Å². The molecule has 1 rings (SSSR count). The number of carbonyl (C=O) groups excluding carboxylic acids is 1. The number of unbranched alkanes of at least 4 members (excludes halogenated alkanes) is 1. The zero-order valence-corrected chi connectivity index (χ0v) is 17.8. The first-order valence-electron chi connectivity index (χ1n) is 9.41. The van der Waals surface area contributed by atoms with Crippen LogP contribution in [0.5, 0.6) is 11.5 Å². The Balaban J connectivity index is 3.05. The fourth-order valence-electron chi connectivity index (χ4n) is 2.40. The van der Waals surface area contributed by atoms with Crippen molar-refractivity contribution < 1.29 is 22.1 Å². The van der Waals surface area contributed by atoms with Crippen LogP contribution in [-0.2, 0) is 16.7 Å². The van der Waals surface area contributed by atoms with E-state index >= 15 is 0 Å². The van der Waals surface area contributed by atoms with Gasteiger partial charge in [0.1, 0.15) is 0 Å². The Morgan fingerprint density at radius 2 is 1.93 bits per heavy atom. The zero-order chi connectivity index (χ0) is 20.4. The molecule has 2 amide bonds. The summed E-state index contributed by atoms with van der Waals surface area (Å²) < 4.78 is 34.0. The molecular formula is C19H32N2O5S. The van der Waals surface area contributed by atoms with E-state index in [1.807, 2.05) is 13.8 Å². The van der Waals surface area contributed by atoms with E-state index in [2.05, 4.69) is 12.2 Å². The van der Waals surface area contributed by atoms with Gasteiger partial charge >= 0.3 is 16.1 Å². The van der Waals surface area contributed by atoms with Crippen LogP contribution < -0.4 is 14.2 Å². The second kappa shape index (κ2) is 11.0. The van der Waals surface area contributed by atoms with Gasteiger partial charge in [-0.3, -0.25) is 0 Å². The highest BCUT2D eigenvalue weighted by molar-refractivity contribution is 7.87. The minimum atomic E-state index is -3.68. The highest BCUT2D eigenvalue weighted by Crippen LogP contribution is 2.30. The molecule has 7 nitrogen and oxygen atoms in total. The molecule has 0 spiro atoms. The number of methoxy groups -OCH3 is 1. The van der Waals surface area contributed by atoms with E-state index in [0.717, 1.165) is 24.8 Å². The van der Waals surface area contributed by atoms with Crippen LogP contribution in [0.4, 0.5) is 4.79 Å². The van der Waals surface area contributed by atoms with Crippen LogP contribution in [-0.4, -0.2) is 44.8 Å². The largest absolute Gasteiger partial charge is 0.493 e. The molecule has 0 saturated carbocycles. The van der Waals surface area contributed by atoms with Gasteiger partial charge in [0, 0.05) is 19.1 Å². The Kier molecular flexibility index (Phi) is 9.41. The van der Waals surface area contributed by atoms with E-state index in [4.69, 9.17) is 8.92 Å². The van der Waals surface area contributed by atoms with Crippen molar-refractivity contribution in [3.63, 3.8) is 0 Å². The first kappa shape index (κ1) is 23.1. The molecule has 154 valence electrons. The smallest absolute Gasteiger partial charge is 0.317 e. The van der Waals surface area contributed by atoms with Crippen LogP contribution in [0.2, 0.25) is 0 Å². The Morgan fingerprint density at radius 1 is 1.22 bits per heavy atom. The van der Waals surface area contributed by atoms with Crippen molar-refractivity contribution in [3.8, 4) is 11.5 Å². The summed E-state index contributed by atoms with van der Waals surface area (Å²) in [5.74, 6) is 0.324. The minimum Gasteiger partial charge on any atom is -0.493 e. The molecule has 1 aromatic carbocycles. The first-order valence-corrected chi connectivity index (χ1v) is 11.0. The molecule has 0 aromatic heterocycles. The number of urea groups is 1. The van der Waals surface area contributed by atoms with E-state index in [1.165, 1.54) is 14.0 Å². The first-order chi connectivity index (χ1) is 12.8. The summed E-state index contributed by atoms with van der Waals surface area (Å²) in [4.78, 5) is 14.3. The van der Waals surface area contributed by atoms with Gasteiger partial charge < -0.3 is 19.1 Å². The fraction of sp³-hybridized carbons (Fsp3) is 0.632. The van der Waals surface area contributed by atoms with Crippen molar-refractivity contribution in [1.29, 1.82) is 0 Å². The molecule has 1 aromatic rings. The monoisotopic (exact) mass is 400 g/mol. The number of hydrogen-bond acceptors (Lipinski definition) is 5. The molecule has 0 aliphatic carbocycles. The number of benzene rings is 1. The Hall–Kier alpha value is -1.96. The zero-order valence-electron chi connectivity index (χ0n) is 16.9. The number of ether oxygens (including phenoxy) is 1. The molecule has 0 saturated heterocycles. The number of rotatable bonds is 11. The molecule has 0 aliphatic heterocycles. The average Bonchev–Trinajstić information content (AvgIpc) is 2.65. The molecule has 1 N–H and O–H groups in total. The summed E-state index contributed by atoms with van der Waals surface area (Å²) in [6.45, 7) is 8.57. The van der Waals surface area contributed by atoms with Gasteiger partial charge in [0.15, 0.2) is 11.5 Å². The van der Waals surface area contributed by atoms with Gasteiger partial charge in [-0.25, -0.2) is 4.79 Å². The molecule has 1 atom stereocenters. The van der Waals surface area contributed by atoms with Crippen LogP contribution in [0, 0.1) is 0 Å². The number of nitrogens with one attached hydrogen (secondary N) is 1. The van der Waals surface area contributed by atoms with Crippen molar-refractivity contribution >= 4 is 16.1 Å². The molecule has 8 heteroatoms. The van der Waals surface area contributed by atoms with Gasteiger partial charge in [0.05, 0.1) is 12.9 Å². The second-order valence-electron chi connectivity index (χ2n) is 6.39. The van der Waals surface area contributed by atoms with Gasteiger partial charge in [-0.2, -0.15) is 8.42 Å². The maximum absolute atomic E-state index is 12.6. The molecule has 0 heterocycles. The fourth-order valence-corrected chi connectivity index (χ4v) is 2.92. The quantitative estimate of drug-likeness (QED) is 0.454. The maximum atomic E-state index is 12.6. The third-order valence-corrected chi connectivity index (χ3v) is 5.48. The lowest BCUT2D eigenvalue weighted by atomic mass is 10.1.